The van der Waals surface area contributed by atoms with Gasteiger partial charge in [0.2, 0.25) is 5.91 Å². The molecule has 1 aromatic carbocycles. The summed E-state index contributed by atoms with van der Waals surface area (Å²) in [6.07, 6.45) is 2.10. The fourth-order valence-corrected chi connectivity index (χ4v) is 3.09. The molecule has 1 amide bonds. The second-order valence-electron chi connectivity index (χ2n) is 5.07. The van der Waals surface area contributed by atoms with Crippen LogP contribution in [0.1, 0.15) is 24.0 Å². The van der Waals surface area contributed by atoms with Crippen LogP contribution in [0.25, 0.3) is 0 Å². The number of piperidine rings is 1. The number of amides is 1. The van der Waals surface area contributed by atoms with Crippen molar-refractivity contribution < 1.29 is 4.79 Å². The van der Waals surface area contributed by atoms with Crippen LogP contribution in [0, 0.1) is 6.92 Å². The third-order valence-electron chi connectivity index (χ3n) is 3.29. The Morgan fingerprint density at radius 1 is 1.42 bits per heavy atom. The lowest BCUT2D eigenvalue weighted by molar-refractivity contribution is -0.119. The average molecular weight is 278 g/mol. The van der Waals surface area contributed by atoms with E-state index in [1.54, 1.807) is 11.8 Å². The van der Waals surface area contributed by atoms with Gasteiger partial charge in [0.1, 0.15) is 0 Å². The summed E-state index contributed by atoms with van der Waals surface area (Å²) in [7, 11) is 0. The van der Waals surface area contributed by atoms with E-state index in [0.29, 0.717) is 11.8 Å². The van der Waals surface area contributed by atoms with Crippen molar-refractivity contribution in [3.05, 3.63) is 35.4 Å². The van der Waals surface area contributed by atoms with Gasteiger partial charge in [-0.25, -0.2) is 0 Å². The Kier molecular flexibility index (Phi) is 5.73. The van der Waals surface area contributed by atoms with Crippen LogP contribution in [0.2, 0.25) is 0 Å². The fourth-order valence-electron chi connectivity index (χ4n) is 2.30. The second-order valence-corrected chi connectivity index (χ2v) is 6.06. The molecule has 0 unspecified atom stereocenters. The Labute approximate surface area is 119 Å². The van der Waals surface area contributed by atoms with Gasteiger partial charge in [-0.05, 0) is 38.4 Å². The lowest BCUT2D eigenvalue weighted by atomic mass is 10.1. The van der Waals surface area contributed by atoms with Crippen molar-refractivity contribution in [2.45, 2.75) is 31.6 Å². The Hall–Kier alpha value is -1.00. The number of benzene rings is 1. The Bertz CT molecular complexity index is 416. The molecule has 19 heavy (non-hydrogen) atoms. The molecule has 1 fully saturated rings. The zero-order valence-corrected chi connectivity index (χ0v) is 12.3. The highest BCUT2D eigenvalue weighted by Crippen LogP contribution is 2.13. The highest BCUT2D eigenvalue weighted by Gasteiger charge is 2.14. The minimum atomic E-state index is 0.171. The first-order chi connectivity index (χ1) is 9.24. The van der Waals surface area contributed by atoms with E-state index in [4.69, 9.17) is 0 Å². The number of hydrogen-bond acceptors (Lipinski definition) is 3. The summed E-state index contributed by atoms with van der Waals surface area (Å²) >= 11 is 1.68. The van der Waals surface area contributed by atoms with Crippen molar-refractivity contribution in [3.63, 3.8) is 0 Å². The summed E-state index contributed by atoms with van der Waals surface area (Å²) in [6, 6.07) is 8.83. The van der Waals surface area contributed by atoms with Crippen LogP contribution in [0.3, 0.4) is 0 Å². The number of carbonyl (C=O) groups excluding carboxylic acids is 1. The number of hydrogen-bond donors (Lipinski definition) is 2. The summed E-state index contributed by atoms with van der Waals surface area (Å²) in [5.41, 5.74) is 2.57. The molecular formula is C15H22N2OS. The van der Waals surface area contributed by atoms with E-state index in [0.717, 1.165) is 31.7 Å². The number of nitrogens with one attached hydrogen (secondary N) is 2. The second kappa shape index (κ2) is 7.56. The molecule has 0 bridgehead atoms. The van der Waals surface area contributed by atoms with E-state index >= 15 is 0 Å². The standard InChI is InChI=1S/C15H22N2OS/c1-12-3-2-4-13(9-12)10-19-11-15(18)17-14-5-7-16-8-6-14/h2-4,9,14,16H,5-8,10-11H2,1H3,(H,17,18). The SMILES string of the molecule is Cc1cccc(CSCC(=O)NC2CCNCC2)c1. The van der Waals surface area contributed by atoms with Crippen molar-refractivity contribution in [1.29, 1.82) is 0 Å². The molecule has 1 aromatic rings. The van der Waals surface area contributed by atoms with Gasteiger partial charge in [0.15, 0.2) is 0 Å². The van der Waals surface area contributed by atoms with Gasteiger partial charge in [0.05, 0.1) is 5.75 Å². The van der Waals surface area contributed by atoms with Gasteiger partial charge in [-0.1, -0.05) is 29.8 Å². The average Bonchev–Trinajstić information content (AvgIpc) is 2.40. The third-order valence-corrected chi connectivity index (χ3v) is 4.29. The first kappa shape index (κ1) is 14.4. The van der Waals surface area contributed by atoms with E-state index in [9.17, 15) is 4.79 Å². The fraction of sp³-hybridized carbons (Fsp3) is 0.533. The molecule has 0 saturated carbocycles. The largest absolute Gasteiger partial charge is 0.353 e. The van der Waals surface area contributed by atoms with Crippen LogP contribution >= 0.6 is 11.8 Å². The van der Waals surface area contributed by atoms with Gasteiger partial charge in [-0.15, -0.1) is 11.8 Å². The highest BCUT2D eigenvalue weighted by atomic mass is 32.2. The predicted molar refractivity (Wildman–Crippen MR) is 81.4 cm³/mol. The zero-order chi connectivity index (χ0) is 13.5. The number of carbonyl (C=O) groups is 1. The van der Waals surface area contributed by atoms with Gasteiger partial charge >= 0.3 is 0 Å². The first-order valence-electron chi connectivity index (χ1n) is 6.87. The smallest absolute Gasteiger partial charge is 0.230 e. The molecule has 0 aromatic heterocycles. The van der Waals surface area contributed by atoms with Gasteiger partial charge < -0.3 is 10.6 Å². The van der Waals surface area contributed by atoms with Crippen molar-refractivity contribution in [2.75, 3.05) is 18.8 Å². The van der Waals surface area contributed by atoms with Crippen molar-refractivity contribution >= 4 is 17.7 Å². The minimum absolute atomic E-state index is 0.171. The van der Waals surface area contributed by atoms with Crippen molar-refractivity contribution in [1.82, 2.24) is 10.6 Å². The summed E-state index contributed by atoms with van der Waals surface area (Å²) in [6.45, 7) is 4.13. The monoisotopic (exact) mass is 278 g/mol. The molecule has 3 nitrogen and oxygen atoms in total. The summed E-state index contributed by atoms with van der Waals surface area (Å²) in [5, 5.41) is 6.42. The molecule has 104 valence electrons. The molecule has 1 heterocycles. The number of thioether (sulfide) groups is 1. The summed E-state index contributed by atoms with van der Waals surface area (Å²) in [4.78, 5) is 11.8. The summed E-state index contributed by atoms with van der Waals surface area (Å²) in [5.74, 6) is 1.63. The van der Waals surface area contributed by atoms with Gasteiger partial charge in [-0.3, -0.25) is 4.79 Å². The first-order valence-corrected chi connectivity index (χ1v) is 8.03. The topological polar surface area (TPSA) is 41.1 Å². The molecule has 0 spiro atoms. The molecule has 1 aliphatic rings. The Balaban J connectivity index is 1.66. The number of rotatable bonds is 5. The maximum Gasteiger partial charge on any atom is 0.230 e. The lowest BCUT2D eigenvalue weighted by Gasteiger charge is -2.23. The Morgan fingerprint density at radius 2 is 2.21 bits per heavy atom. The van der Waals surface area contributed by atoms with E-state index in [1.807, 2.05) is 0 Å². The summed E-state index contributed by atoms with van der Waals surface area (Å²) < 4.78 is 0. The minimum Gasteiger partial charge on any atom is -0.353 e. The van der Waals surface area contributed by atoms with Gasteiger partial charge in [0.25, 0.3) is 0 Å². The molecule has 1 saturated heterocycles. The molecule has 4 heteroatoms. The van der Waals surface area contributed by atoms with E-state index in [-0.39, 0.29) is 5.91 Å². The molecule has 0 aliphatic carbocycles. The van der Waals surface area contributed by atoms with Crippen molar-refractivity contribution in [2.24, 2.45) is 0 Å². The normalized spacial score (nSPS) is 16.3. The predicted octanol–water partition coefficient (Wildman–Crippen LogP) is 2.10. The molecule has 1 aliphatic heterocycles. The van der Waals surface area contributed by atoms with E-state index < -0.39 is 0 Å². The van der Waals surface area contributed by atoms with Crippen LogP contribution in [0.4, 0.5) is 0 Å². The van der Waals surface area contributed by atoms with Crippen LogP contribution in [0.15, 0.2) is 24.3 Å². The Morgan fingerprint density at radius 3 is 2.95 bits per heavy atom. The van der Waals surface area contributed by atoms with E-state index in [1.165, 1.54) is 11.1 Å². The maximum atomic E-state index is 11.8. The zero-order valence-electron chi connectivity index (χ0n) is 11.4. The molecular weight excluding hydrogens is 256 g/mol. The quantitative estimate of drug-likeness (QED) is 0.866. The van der Waals surface area contributed by atoms with Crippen LogP contribution in [0.5, 0.6) is 0 Å². The molecule has 0 radical (unpaired) electrons. The highest BCUT2D eigenvalue weighted by molar-refractivity contribution is 7.99. The maximum absolute atomic E-state index is 11.8. The van der Waals surface area contributed by atoms with Crippen LogP contribution < -0.4 is 10.6 Å². The number of aryl methyl sites for hydroxylation is 1. The molecule has 2 rings (SSSR count). The third kappa shape index (κ3) is 5.25. The van der Waals surface area contributed by atoms with Crippen molar-refractivity contribution in [3.8, 4) is 0 Å². The van der Waals surface area contributed by atoms with Crippen LogP contribution in [-0.2, 0) is 10.5 Å². The van der Waals surface area contributed by atoms with Gasteiger partial charge in [0, 0.05) is 11.8 Å². The van der Waals surface area contributed by atoms with Crippen LogP contribution in [-0.4, -0.2) is 30.8 Å². The van der Waals surface area contributed by atoms with E-state index in [2.05, 4.69) is 41.8 Å². The molecule has 2 N–H and O–H groups in total. The molecule has 0 atom stereocenters. The van der Waals surface area contributed by atoms with Gasteiger partial charge in [-0.2, -0.15) is 0 Å². The lowest BCUT2D eigenvalue weighted by Crippen LogP contribution is -2.43.